The fraction of sp³-hybridized carbons (Fsp3) is 0.300. The Morgan fingerprint density at radius 1 is 0.974 bits per heavy atom. The predicted octanol–water partition coefficient (Wildman–Crippen LogP) is 3.50. The summed E-state index contributed by atoms with van der Waals surface area (Å²) in [5, 5.41) is 17.9. The van der Waals surface area contributed by atoms with Crippen molar-refractivity contribution in [1.29, 1.82) is 0 Å². The van der Waals surface area contributed by atoms with E-state index in [0.29, 0.717) is 35.3 Å². The number of anilines is 1. The van der Waals surface area contributed by atoms with Crippen LogP contribution in [0.2, 0.25) is 0 Å². The van der Waals surface area contributed by atoms with Crippen molar-refractivity contribution in [3.63, 3.8) is 0 Å². The number of aromatic amines is 1. The molecule has 2 aliphatic heterocycles. The van der Waals surface area contributed by atoms with Gasteiger partial charge >= 0.3 is 0 Å². The molecule has 4 N–H and O–H groups in total. The number of β-amino-alcohol motifs (C(OH)–C–C–N with tert-alkyl or cyclic N) is 1. The molecule has 0 aliphatic carbocycles. The molecule has 0 radical (unpaired) electrons. The molecule has 9 heteroatoms. The molecule has 1 fully saturated rings. The zero-order chi connectivity index (χ0) is 27.1. The van der Waals surface area contributed by atoms with Crippen molar-refractivity contribution in [1.82, 2.24) is 19.8 Å². The van der Waals surface area contributed by atoms with Gasteiger partial charge < -0.3 is 24.9 Å². The van der Waals surface area contributed by atoms with Gasteiger partial charge in [0, 0.05) is 59.8 Å². The number of rotatable bonds is 7. The SMILES string of the molecule is CC(=O)Nc1cccc2c1c(C1=C(c3c[nH]c4ccccc34)C(=O)NC1=O)cn2CC(O)CN1CCCCC1. The van der Waals surface area contributed by atoms with E-state index in [1.165, 1.54) is 13.3 Å². The van der Waals surface area contributed by atoms with Crippen LogP contribution < -0.4 is 10.6 Å². The molecule has 2 aromatic heterocycles. The normalized spacial score (nSPS) is 17.3. The number of nitrogens with one attached hydrogen (secondary N) is 3. The van der Waals surface area contributed by atoms with Crippen molar-refractivity contribution >= 4 is 56.4 Å². The highest BCUT2D eigenvalue weighted by Crippen LogP contribution is 2.40. The van der Waals surface area contributed by atoms with Crippen LogP contribution in [0.15, 0.2) is 54.9 Å². The molecular weight excluding hydrogens is 494 g/mol. The quantitative estimate of drug-likeness (QED) is 0.276. The van der Waals surface area contributed by atoms with Gasteiger partial charge in [-0.15, -0.1) is 0 Å². The number of likely N-dealkylation sites (tertiary alicyclic amines) is 1. The molecule has 0 bridgehead atoms. The van der Waals surface area contributed by atoms with Gasteiger partial charge in [-0.3, -0.25) is 19.7 Å². The fourth-order valence-electron chi connectivity index (χ4n) is 5.96. The van der Waals surface area contributed by atoms with E-state index in [1.807, 2.05) is 47.2 Å². The maximum absolute atomic E-state index is 13.3. The number of aromatic nitrogens is 2. The number of amides is 3. The van der Waals surface area contributed by atoms with Gasteiger partial charge in [-0.2, -0.15) is 0 Å². The minimum Gasteiger partial charge on any atom is -0.390 e. The smallest absolute Gasteiger partial charge is 0.259 e. The number of nitrogens with zero attached hydrogens (tertiary/aromatic N) is 2. The van der Waals surface area contributed by atoms with E-state index < -0.39 is 17.9 Å². The van der Waals surface area contributed by atoms with Crippen LogP contribution in [0.5, 0.6) is 0 Å². The number of hydrogen-bond acceptors (Lipinski definition) is 5. The second kappa shape index (κ2) is 10.2. The Morgan fingerprint density at radius 3 is 2.49 bits per heavy atom. The Balaban J connectivity index is 1.51. The van der Waals surface area contributed by atoms with Gasteiger partial charge in [0.2, 0.25) is 5.91 Å². The van der Waals surface area contributed by atoms with Crippen molar-refractivity contribution in [2.24, 2.45) is 0 Å². The minimum atomic E-state index is -0.628. The molecule has 4 aromatic rings. The lowest BCUT2D eigenvalue weighted by Crippen LogP contribution is -2.37. The summed E-state index contributed by atoms with van der Waals surface area (Å²) in [5.41, 5.74) is 3.84. The monoisotopic (exact) mass is 525 g/mol. The van der Waals surface area contributed by atoms with Crippen molar-refractivity contribution in [2.45, 2.75) is 38.8 Å². The Bertz CT molecular complexity index is 1640. The van der Waals surface area contributed by atoms with Crippen LogP contribution in [-0.4, -0.2) is 63.0 Å². The average molecular weight is 526 g/mol. The number of imide groups is 1. The number of hydrogen-bond donors (Lipinski definition) is 4. The van der Waals surface area contributed by atoms with Crippen LogP contribution >= 0.6 is 0 Å². The van der Waals surface area contributed by atoms with Gasteiger partial charge in [-0.1, -0.05) is 30.7 Å². The molecule has 2 aliphatic rings. The lowest BCUT2D eigenvalue weighted by atomic mass is 9.95. The first-order valence-electron chi connectivity index (χ1n) is 13.4. The summed E-state index contributed by atoms with van der Waals surface area (Å²) in [6, 6.07) is 13.1. The van der Waals surface area contributed by atoms with E-state index in [1.54, 1.807) is 12.3 Å². The average Bonchev–Trinajstić information content (AvgIpc) is 3.57. The van der Waals surface area contributed by atoms with Gasteiger partial charge in [0.1, 0.15) is 0 Å². The molecule has 6 rings (SSSR count). The molecule has 0 saturated carbocycles. The molecule has 9 nitrogen and oxygen atoms in total. The standard InChI is InChI=1S/C30H31N5O4/c1-18(36)32-24-10-7-11-25-26(24)22(17-35(25)16-19(37)15-34-12-5-2-6-13-34)28-27(29(38)33-30(28)39)21-14-31-23-9-4-3-8-20(21)23/h3-4,7-11,14,17,19,31,37H,2,5-6,12-13,15-16H2,1H3,(H,32,36)(H,33,38,39). The number of carbonyl (C=O) groups excluding carboxylic acids is 3. The fourth-order valence-corrected chi connectivity index (χ4v) is 5.96. The molecule has 0 spiro atoms. The Kier molecular flexibility index (Phi) is 6.54. The predicted molar refractivity (Wildman–Crippen MR) is 151 cm³/mol. The molecule has 39 heavy (non-hydrogen) atoms. The van der Waals surface area contributed by atoms with E-state index in [4.69, 9.17) is 0 Å². The molecule has 2 aromatic carbocycles. The van der Waals surface area contributed by atoms with Crippen molar-refractivity contribution < 1.29 is 19.5 Å². The van der Waals surface area contributed by atoms with Gasteiger partial charge in [0.25, 0.3) is 11.8 Å². The van der Waals surface area contributed by atoms with E-state index in [9.17, 15) is 19.5 Å². The number of benzene rings is 2. The number of H-pyrrole nitrogens is 1. The first-order chi connectivity index (χ1) is 18.9. The van der Waals surface area contributed by atoms with Gasteiger partial charge in [0.05, 0.1) is 28.5 Å². The molecule has 200 valence electrons. The van der Waals surface area contributed by atoms with Gasteiger partial charge in [-0.05, 0) is 44.1 Å². The largest absolute Gasteiger partial charge is 0.390 e. The maximum Gasteiger partial charge on any atom is 0.259 e. The summed E-state index contributed by atoms with van der Waals surface area (Å²) in [6.07, 6.45) is 6.43. The van der Waals surface area contributed by atoms with Crippen LogP contribution in [0.1, 0.15) is 37.3 Å². The Morgan fingerprint density at radius 2 is 1.72 bits per heavy atom. The van der Waals surface area contributed by atoms with Crippen LogP contribution in [0, 0.1) is 0 Å². The summed E-state index contributed by atoms with van der Waals surface area (Å²) in [6.45, 7) is 4.25. The molecule has 1 saturated heterocycles. The number of carbonyl (C=O) groups is 3. The number of fused-ring (bicyclic) bond motifs is 2. The van der Waals surface area contributed by atoms with E-state index >= 15 is 0 Å². The van der Waals surface area contributed by atoms with Gasteiger partial charge in [-0.25, -0.2) is 0 Å². The Labute approximate surface area is 225 Å². The van der Waals surface area contributed by atoms with Crippen molar-refractivity contribution in [3.05, 3.63) is 66.0 Å². The van der Waals surface area contributed by atoms with Crippen LogP contribution in [0.25, 0.3) is 33.0 Å². The van der Waals surface area contributed by atoms with Gasteiger partial charge in [0.15, 0.2) is 0 Å². The number of aliphatic hydroxyl groups excluding tert-OH is 1. The number of piperidine rings is 1. The third-order valence-corrected chi connectivity index (χ3v) is 7.60. The van der Waals surface area contributed by atoms with E-state index in [2.05, 4.69) is 20.5 Å². The summed E-state index contributed by atoms with van der Waals surface area (Å²) in [7, 11) is 0. The number of para-hydroxylation sites is 1. The summed E-state index contributed by atoms with van der Waals surface area (Å²) in [5.74, 6) is -1.21. The molecule has 1 unspecified atom stereocenters. The van der Waals surface area contributed by atoms with Crippen LogP contribution in [-0.2, 0) is 20.9 Å². The zero-order valence-electron chi connectivity index (χ0n) is 21.8. The summed E-state index contributed by atoms with van der Waals surface area (Å²) in [4.78, 5) is 44.1. The maximum atomic E-state index is 13.3. The summed E-state index contributed by atoms with van der Waals surface area (Å²) >= 11 is 0. The highest BCUT2D eigenvalue weighted by Gasteiger charge is 2.35. The third-order valence-electron chi connectivity index (χ3n) is 7.60. The highest BCUT2D eigenvalue weighted by atomic mass is 16.3. The lowest BCUT2D eigenvalue weighted by molar-refractivity contribution is -0.122. The highest BCUT2D eigenvalue weighted by molar-refractivity contribution is 6.51. The third kappa shape index (κ3) is 4.64. The molecular formula is C30H31N5O4. The van der Waals surface area contributed by atoms with Crippen molar-refractivity contribution in [2.75, 3.05) is 25.0 Å². The summed E-state index contributed by atoms with van der Waals surface area (Å²) < 4.78 is 1.92. The lowest BCUT2D eigenvalue weighted by Gasteiger charge is -2.28. The molecule has 3 amide bonds. The van der Waals surface area contributed by atoms with Crippen molar-refractivity contribution in [3.8, 4) is 0 Å². The molecule has 1 atom stereocenters. The first-order valence-corrected chi connectivity index (χ1v) is 13.4. The van der Waals surface area contributed by atoms with E-state index in [0.717, 1.165) is 42.4 Å². The minimum absolute atomic E-state index is 0.246. The Hall–Kier alpha value is -4.21. The van der Waals surface area contributed by atoms with E-state index in [-0.39, 0.29) is 17.1 Å². The first kappa shape index (κ1) is 25.1. The van der Waals surface area contributed by atoms with Crippen LogP contribution in [0.4, 0.5) is 5.69 Å². The van der Waals surface area contributed by atoms with Crippen LogP contribution in [0.3, 0.4) is 0 Å². The molecule has 4 heterocycles. The second-order valence-electron chi connectivity index (χ2n) is 10.4. The zero-order valence-corrected chi connectivity index (χ0v) is 21.8. The number of aliphatic hydroxyl groups is 1. The topological polar surface area (TPSA) is 119 Å². The second-order valence-corrected chi connectivity index (χ2v) is 10.4.